The molecule has 586 valence electrons. The molecule has 8 aliphatic rings. The molecule has 0 spiro atoms. The number of carbonyl (C=O) groups is 4. The van der Waals surface area contributed by atoms with Crippen LogP contribution in [0.25, 0.3) is 42.6 Å². The lowest BCUT2D eigenvalue weighted by molar-refractivity contribution is -0.137. The molecule has 0 saturated carbocycles. The first-order valence-corrected chi connectivity index (χ1v) is 44.4. The van der Waals surface area contributed by atoms with E-state index in [4.69, 9.17) is 17.9 Å². The molecule has 2 aromatic heterocycles. The van der Waals surface area contributed by atoms with E-state index in [1.165, 1.54) is 62.4 Å². The second kappa shape index (κ2) is 34.4. The number of halogens is 1. The number of benzene rings is 4. The molecule has 10 heterocycles. The van der Waals surface area contributed by atoms with Gasteiger partial charge in [0.15, 0.2) is 0 Å². The maximum absolute atomic E-state index is 14.7. The normalized spacial score (nSPS) is 21.0. The number of fused-ring (bicyclic) bond motifs is 2. The summed E-state index contributed by atoms with van der Waals surface area (Å²) in [6, 6.07) is 22.9. The largest absolute Gasteiger partial charge is 0.444 e. The number of nitrogens with zero attached hydrogens (tertiary/aromatic N) is 11. The molecule has 6 fully saturated rings. The molecule has 4 aromatic carbocycles. The summed E-state index contributed by atoms with van der Waals surface area (Å²) in [5.74, 6) is 0.175. The fraction of sp³-hybridized carbons (Fsp3) is 0.519. The number of nitrogens with one attached hydrogen (secondary N) is 1. The minimum atomic E-state index is -4.18. The van der Waals surface area contributed by atoms with E-state index in [0.717, 1.165) is 143 Å². The monoisotopic (exact) mass is 1570 g/mol. The van der Waals surface area contributed by atoms with Crippen LogP contribution in [-0.4, -0.2) is 215 Å². The lowest BCUT2D eigenvalue weighted by Crippen LogP contribution is -2.53. The second-order valence-corrected chi connectivity index (χ2v) is 38.0. The molecule has 109 heavy (non-hydrogen) atoms. The van der Waals surface area contributed by atoms with Crippen LogP contribution in [0.1, 0.15) is 152 Å². The first kappa shape index (κ1) is 81.5. The molecule has 3 atom stereocenters. The van der Waals surface area contributed by atoms with Crippen LogP contribution in [0.2, 0.25) is 0 Å². The third-order valence-electron chi connectivity index (χ3n) is 21.5. The molecule has 14 rings (SSSR count). The molecule has 1 N–H and O–H groups in total. The summed E-state index contributed by atoms with van der Waals surface area (Å²) in [7, 11) is -15.1. The molecule has 0 aliphatic carbocycles. The third kappa shape index (κ3) is 18.9. The number of anilines is 1. The van der Waals surface area contributed by atoms with E-state index in [-0.39, 0.29) is 100 Å². The van der Waals surface area contributed by atoms with Gasteiger partial charge in [-0.05, 0) is 191 Å². The Kier molecular flexibility index (Phi) is 25.7. The average molecular weight is 1570 g/mol. The van der Waals surface area contributed by atoms with Gasteiger partial charge in [0.1, 0.15) is 11.4 Å². The lowest BCUT2D eigenvalue weighted by atomic mass is 9.99. The van der Waals surface area contributed by atoms with Gasteiger partial charge in [-0.1, -0.05) is 59.7 Å². The molecule has 8 aliphatic heterocycles. The van der Waals surface area contributed by atoms with Gasteiger partial charge < -0.3 is 34.6 Å². The summed E-state index contributed by atoms with van der Waals surface area (Å²) in [6.45, 7) is 32.9. The molecule has 0 bridgehead atoms. The fourth-order valence-corrected chi connectivity index (χ4v) is 20.4. The Morgan fingerprint density at radius 3 is 1.39 bits per heavy atom. The fourth-order valence-electron chi connectivity index (χ4n) is 15.8. The van der Waals surface area contributed by atoms with Gasteiger partial charge in [-0.25, -0.2) is 60.5 Å². The summed E-state index contributed by atoms with van der Waals surface area (Å²) in [5, 5.41) is 4.04. The average Bonchev–Trinajstić information content (AvgIpc) is 1.60. The van der Waals surface area contributed by atoms with Crippen molar-refractivity contribution < 1.29 is 62.0 Å². The number of rotatable bonds is 12. The zero-order valence-electron chi connectivity index (χ0n) is 63.4. The maximum Gasteiger partial charge on any atom is 0.410 e. The lowest BCUT2D eigenvalue weighted by Gasteiger charge is -2.42. The van der Waals surface area contributed by atoms with Gasteiger partial charge in [0.05, 0.1) is 57.9 Å². The summed E-state index contributed by atoms with van der Waals surface area (Å²) in [6.07, 6.45) is 20.5. The van der Waals surface area contributed by atoms with E-state index in [1.54, 1.807) is 59.5 Å². The number of likely N-dealkylation sites (tertiary alicyclic amines) is 4. The van der Waals surface area contributed by atoms with Gasteiger partial charge in [0.2, 0.25) is 49.1 Å². The Morgan fingerprint density at radius 2 is 0.963 bits per heavy atom. The predicted molar refractivity (Wildman–Crippen MR) is 421 cm³/mol. The van der Waals surface area contributed by atoms with Gasteiger partial charge in [0, 0.05) is 132 Å². The highest BCUT2D eigenvalue weighted by molar-refractivity contribution is 7.90. The zero-order valence-corrected chi connectivity index (χ0v) is 66.7. The van der Waals surface area contributed by atoms with Crippen molar-refractivity contribution >= 4 is 114 Å². The molecular formula is C79H101FN12O13S4. The smallest absolute Gasteiger partial charge is 0.410 e. The second-order valence-electron chi connectivity index (χ2n) is 30.4. The topological polar surface area (TPSA) is 267 Å². The van der Waals surface area contributed by atoms with E-state index in [9.17, 15) is 57.2 Å². The maximum atomic E-state index is 14.7. The van der Waals surface area contributed by atoms with E-state index < -0.39 is 51.5 Å². The van der Waals surface area contributed by atoms with Crippen molar-refractivity contribution in [2.45, 2.75) is 177 Å². The molecule has 6 saturated heterocycles. The van der Waals surface area contributed by atoms with Crippen LogP contribution in [-0.2, 0) is 59.2 Å². The van der Waals surface area contributed by atoms with Gasteiger partial charge >= 0.3 is 6.09 Å². The van der Waals surface area contributed by atoms with E-state index in [2.05, 4.69) is 24.8 Å². The standard InChI is InChI=1S/C32H37N5O5S2.C22H20FN3O4S2.C15H26N2O3.C10H18N2O/c1-23-9-11-26(12-10-23)44(41,42)37-30(24-15-19-35(20-16-24)43(3,39)40)21-27-29(14-13-28(33-2)32(27)37)34-17-6-7-25(22-34)36-18-5-4-8-31(36)38;1-15-4-6-17(7-5-15)32(29,30)26-21(16-10-12-25(13-11-16)31(3,27)28)14-18-19(23)8-9-20(24-2)22(18)26;1-15(2,3)20-14(19)16-9-6-7-12(11-16)17-10-5-4-8-13(17)18;13-10-5-1-2-7-12(10)9-4-3-6-11-8-9/h9-15,21,25H,4-8,16-20,22H2,1,3H3;4-10,14H,11-13H2,1,3H3;12H,4-11H2,1-3H3;9,11H,1-8H2/t25-;;12-;9-/m1.11/s1. The quantitative estimate of drug-likeness (QED) is 0.112. The van der Waals surface area contributed by atoms with Crippen LogP contribution in [0.5, 0.6) is 0 Å². The molecule has 0 radical (unpaired) electrons. The van der Waals surface area contributed by atoms with E-state index in [1.807, 2.05) is 56.6 Å². The summed E-state index contributed by atoms with van der Waals surface area (Å²) >= 11 is 0. The first-order valence-electron chi connectivity index (χ1n) is 37.8. The van der Waals surface area contributed by atoms with Crippen molar-refractivity contribution in [2.24, 2.45) is 0 Å². The Bertz CT molecular complexity index is 5030. The van der Waals surface area contributed by atoms with Crippen LogP contribution < -0.4 is 10.2 Å². The number of hydrogen-bond acceptors (Lipinski definition) is 15. The number of aryl methyl sites for hydroxylation is 2. The highest BCUT2D eigenvalue weighted by Crippen LogP contribution is 2.44. The first-order chi connectivity index (χ1) is 51.8. The predicted octanol–water partition coefficient (Wildman–Crippen LogP) is 11.8. The molecule has 4 amide bonds. The van der Waals surface area contributed by atoms with E-state index in [0.29, 0.717) is 72.0 Å². The number of aromatic nitrogens is 2. The number of piperidine rings is 6. The van der Waals surface area contributed by atoms with Gasteiger partial charge in [-0.2, -0.15) is 8.61 Å². The molecular weight excluding hydrogens is 1470 g/mol. The van der Waals surface area contributed by atoms with Crippen molar-refractivity contribution in [3.63, 3.8) is 0 Å². The molecule has 6 aromatic rings. The minimum Gasteiger partial charge on any atom is -0.444 e. The minimum absolute atomic E-state index is 0.0104. The summed E-state index contributed by atoms with van der Waals surface area (Å²) in [5.41, 5.74) is 4.64. The van der Waals surface area contributed by atoms with Crippen LogP contribution >= 0.6 is 0 Å². The van der Waals surface area contributed by atoms with Crippen molar-refractivity contribution in [1.29, 1.82) is 0 Å². The molecule has 25 nitrogen and oxygen atoms in total. The Hall–Kier alpha value is -8.49. The number of hydrogen-bond donors (Lipinski definition) is 1. The Labute approximate surface area is 641 Å². The Balaban J connectivity index is 0.000000158. The van der Waals surface area contributed by atoms with Crippen molar-refractivity contribution in [3.05, 3.63) is 148 Å². The summed E-state index contributed by atoms with van der Waals surface area (Å²) < 4.78 is 129. The van der Waals surface area contributed by atoms with E-state index >= 15 is 0 Å². The zero-order chi connectivity index (χ0) is 78.3. The highest BCUT2D eigenvalue weighted by atomic mass is 32.2. The van der Waals surface area contributed by atoms with Crippen molar-refractivity contribution in [1.82, 2.24) is 41.5 Å². The third-order valence-corrected chi connectivity index (χ3v) is 27.5. The molecule has 30 heteroatoms. The van der Waals surface area contributed by atoms with Crippen molar-refractivity contribution in [3.8, 4) is 0 Å². The Morgan fingerprint density at radius 1 is 0.523 bits per heavy atom. The number of ether oxygens (including phenoxy) is 1. The van der Waals surface area contributed by atoms with Gasteiger partial charge in [-0.3, -0.25) is 14.4 Å². The molecule has 0 unspecified atom stereocenters. The van der Waals surface area contributed by atoms with Crippen LogP contribution in [0, 0.1) is 32.8 Å². The number of carbonyl (C=O) groups excluding carboxylic acids is 4. The summed E-state index contributed by atoms with van der Waals surface area (Å²) in [4.78, 5) is 65.8. The van der Waals surface area contributed by atoms with Crippen molar-refractivity contribution in [2.75, 3.05) is 102 Å². The highest BCUT2D eigenvalue weighted by Gasteiger charge is 2.38. The number of amides is 4. The van der Waals surface area contributed by atoms with Gasteiger partial charge in [-0.15, -0.1) is 0 Å². The van der Waals surface area contributed by atoms with Gasteiger partial charge in [0.25, 0.3) is 20.0 Å². The SMILES string of the molecule is CC(C)(C)OC(=O)N1CCC[C@@H](N2CCCCC2=O)C1.O=C1CCCCN1[C@@H]1CCCNC1.[C-]#[N+]c1ccc(F)c2cc(C3=CCN(S(C)(=O)=O)CC3)n(S(=O)(=O)c3ccc(C)cc3)c12.[C-]#[N+]c1ccc(N2CCC[C@@H](N3CCCCC3=O)C2)c2cc(C3=CCN(S(C)(=O)=O)CC3)n(S(=O)(=O)c3ccc(C)cc3)c12. The number of sulfonamides is 2. The van der Waals surface area contributed by atoms with Crippen LogP contribution in [0.4, 0.5) is 26.2 Å². The van der Waals surface area contributed by atoms with Crippen LogP contribution in [0.3, 0.4) is 0 Å². The van der Waals surface area contributed by atoms with Crippen LogP contribution in [0.15, 0.2) is 107 Å².